The molecule has 3 amide bonds. The first-order valence-corrected chi connectivity index (χ1v) is 20.0. The van der Waals surface area contributed by atoms with E-state index in [0.29, 0.717) is 0 Å². The Hall–Kier alpha value is -5.17. The molecule has 5 rings (SSSR count). The zero-order valence-electron chi connectivity index (χ0n) is 34.7. The summed E-state index contributed by atoms with van der Waals surface area (Å²) in [6.07, 6.45) is -2.26. The van der Waals surface area contributed by atoms with E-state index in [-0.39, 0.29) is 70.8 Å². The van der Waals surface area contributed by atoms with Crippen LogP contribution in [-0.2, 0) is 24.4 Å². The Labute approximate surface area is 358 Å². The number of carbonyl (C=O) groups is 4. The van der Waals surface area contributed by atoms with Crippen LogP contribution in [0.2, 0.25) is 10.0 Å². The average molecular weight is 873 g/mol. The van der Waals surface area contributed by atoms with Crippen LogP contribution in [-0.4, -0.2) is 91.1 Å². The van der Waals surface area contributed by atoms with Gasteiger partial charge in [0.05, 0.1) is 35.5 Å². The summed E-state index contributed by atoms with van der Waals surface area (Å²) in [6.45, 7) is 13.3. The van der Waals surface area contributed by atoms with Crippen LogP contribution in [0.15, 0.2) is 54.6 Å². The molecule has 2 fully saturated rings. The molecule has 0 radical (unpaired) electrons. The number of rotatable bonds is 9. The molecule has 5 atom stereocenters. The molecule has 2 saturated heterocycles. The molecule has 0 spiro atoms. The molecule has 3 aromatic rings. The van der Waals surface area contributed by atoms with Gasteiger partial charge in [0, 0.05) is 55.6 Å². The Kier molecular flexibility index (Phi) is 13.9. The molecule has 3 unspecified atom stereocenters. The highest BCUT2D eigenvalue weighted by Gasteiger charge is 2.61. The molecule has 17 heteroatoms. The summed E-state index contributed by atoms with van der Waals surface area (Å²) in [6, 6.07) is 12.3. The first-order chi connectivity index (χ1) is 28.1. The van der Waals surface area contributed by atoms with Gasteiger partial charge in [-0.2, -0.15) is 5.26 Å². The Morgan fingerprint density at radius 2 is 1.60 bits per heavy atom. The fraction of sp³-hybridized carbons (Fsp3) is 0.465. The number of carbonyl (C=O) groups excluding carboxylic acids is 4. The Balaban J connectivity index is 1.36. The third-order valence-corrected chi connectivity index (χ3v) is 10.7. The molecule has 2 heterocycles. The van der Waals surface area contributed by atoms with Crippen LogP contribution in [0.3, 0.4) is 0 Å². The SMILES string of the molecule is COc1cc(C(=O)OC(C)OC(=O)N2CCN(C(=O)OC(C)(C)C)CC2)ccc1NC(=O)[C@@H]1NC(CC(C)(C)C)[C@](C#N)(c2ccc(Cl)cc2F)C1c1cccc(Cl)c1F. The van der Waals surface area contributed by atoms with Crippen LogP contribution < -0.4 is 15.4 Å². The summed E-state index contributed by atoms with van der Waals surface area (Å²) in [5.41, 5.74) is -3.01. The number of benzene rings is 3. The molecule has 2 aliphatic heterocycles. The lowest BCUT2D eigenvalue weighted by Gasteiger charge is -2.37. The van der Waals surface area contributed by atoms with E-state index in [1.54, 1.807) is 20.8 Å². The van der Waals surface area contributed by atoms with Crippen LogP contribution in [0.1, 0.15) is 82.3 Å². The van der Waals surface area contributed by atoms with Gasteiger partial charge in [-0.25, -0.2) is 23.2 Å². The topological polar surface area (TPSA) is 160 Å². The van der Waals surface area contributed by atoms with E-state index >= 15 is 8.78 Å². The second-order valence-corrected chi connectivity index (χ2v) is 17.7. The maximum atomic E-state index is 16.1. The molecular weight excluding hydrogens is 823 g/mol. The summed E-state index contributed by atoms with van der Waals surface area (Å²) in [5, 5.41) is 17.0. The second-order valence-electron chi connectivity index (χ2n) is 16.9. The van der Waals surface area contributed by atoms with Crippen LogP contribution in [0.4, 0.5) is 24.1 Å². The highest BCUT2D eigenvalue weighted by molar-refractivity contribution is 6.31. The molecule has 2 N–H and O–H groups in total. The van der Waals surface area contributed by atoms with E-state index in [2.05, 4.69) is 16.7 Å². The number of nitrogens with zero attached hydrogens (tertiary/aromatic N) is 3. The van der Waals surface area contributed by atoms with Crippen LogP contribution in [0, 0.1) is 28.4 Å². The largest absolute Gasteiger partial charge is 0.495 e. The number of hydrogen-bond donors (Lipinski definition) is 2. The predicted molar refractivity (Wildman–Crippen MR) is 220 cm³/mol. The molecule has 322 valence electrons. The number of anilines is 1. The lowest BCUT2D eigenvalue weighted by atomic mass is 9.62. The third kappa shape index (κ3) is 10.2. The van der Waals surface area contributed by atoms with E-state index in [0.717, 1.165) is 6.07 Å². The van der Waals surface area contributed by atoms with Gasteiger partial charge >= 0.3 is 18.2 Å². The van der Waals surface area contributed by atoms with E-state index in [9.17, 15) is 24.4 Å². The number of halogens is 4. The first kappa shape index (κ1) is 45.9. The van der Waals surface area contributed by atoms with Gasteiger partial charge in [-0.1, -0.05) is 62.2 Å². The Bertz CT molecular complexity index is 2170. The normalized spacial score (nSPS) is 21.1. The van der Waals surface area contributed by atoms with E-state index < -0.39 is 76.4 Å². The van der Waals surface area contributed by atoms with Crippen molar-refractivity contribution in [3.63, 3.8) is 0 Å². The van der Waals surface area contributed by atoms with Crippen molar-refractivity contribution in [2.24, 2.45) is 5.41 Å². The van der Waals surface area contributed by atoms with Crippen molar-refractivity contribution in [1.29, 1.82) is 5.26 Å². The summed E-state index contributed by atoms with van der Waals surface area (Å²) in [5.74, 6) is -4.53. The molecule has 0 saturated carbocycles. The monoisotopic (exact) mass is 871 g/mol. The number of piperazine rings is 1. The van der Waals surface area contributed by atoms with Gasteiger partial charge in [0.15, 0.2) is 0 Å². The van der Waals surface area contributed by atoms with Crippen molar-refractivity contribution in [3.8, 4) is 11.8 Å². The van der Waals surface area contributed by atoms with Gasteiger partial charge in [0.2, 0.25) is 12.2 Å². The smallest absolute Gasteiger partial charge is 0.412 e. The van der Waals surface area contributed by atoms with Crippen molar-refractivity contribution in [2.75, 3.05) is 38.6 Å². The van der Waals surface area contributed by atoms with Gasteiger partial charge in [-0.3, -0.25) is 4.79 Å². The molecule has 2 aliphatic rings. The predicted octanol–water partition coefficient (Wildman–Crippen LogP) is 8.43. The summed E-state index contributed by atoms with van der Waals surface area (Å²) in [4.78, 5) is 55.8. The van der Waals surface area contributed by atoms with Crippen molar-refractivity contribution in [1.82, 2.24) is 15.1 Å². The molecule has 13 nitrogen and oxygen atoms in total. The molecule has 0 aliphatic carbocycles. The maximum Gasteiger partial charge on any atom is 0.412 e. The van der Waals surface area contributed by atoms with Gasteiger partial charge in [0.1, 0.15) is 28.4 Å². The second kappa shape index (κ2) is 18.2. The fourth-order valence-corrected chi connectivity index (χ4v) is 7.89. The third-order valence-electron chi connectivity index (χ3n) is 10.2. The summed E-state index contributed by atoms with van der Waals surface area (Å²) >= 11 is 12.4. The number of nitriles is 1. The number of nitrogens with one attached hydrogen (secondary N) is 2. The lowest BCUT2D eigenvalue weighted by molar-refractivity contribution is -0.118. The van der Waals surface area contributed by atoms with Gasteiger partial charge < -0.3 is 39.4 Å². The van der Waals surface area contributed by atoms with Gasteiger partial charge in [0.25, 0.3) is 0 Å². The molecule has 0 aromatic heterocycles. The van der Waals surface area contributed by atoms with Crippen molar-refractivity contribution in [3.05, 3.63) is 93.0 Å². The molecule has 60 heavy (non-hydrogen) atoms. The lowest BCUT2D eigenvalue weighted by Crippen LogP contribution is -2.52. The van der Waals surface area contributed by atoms with Crippen molar-refractivity contribution < 1.29 is 46.9 Å². The number of hydrogen-bond acceptors (Lipinski definition) is 10. The van der Waals surface area contributed by atoms with Crippen molar-refractivity contribution >= 4 is 53.0 Å². The quantitative estimate of drug-likeness (QED) is 0.158. The summed E-state index contributed by atoms with van der Waals surface area (Å²) in [7, 11) is 1.31. The van der Waals surface area contributed by atoms with Crippen LogP contribution in [0.25, 0.3) is 0 Å². The number of amides is 3. The van der Waals surface area contributed by atoms with Crippen molar-refractivity contribution in [2.45, 2.75) is 90.2 Å². The standard InChI is InChI=1S/C43H49Cl2F2N5O8/c1-24(59-39(55)51-16-18-52(19-17-51)40(56)60-42(5,6)7)58-38(54)25-12-15-31(32(20-25)57-8)49-37(53)36-34(27-10-9-11-29(45)35(27)47)43(23-48,33(50-36)22-41(2,3)4)28-14-13-26(44)21-30(28)46/h9-15,20-21,24,33-34,36,50H,16-19,22H2,1-8H3,(H,49,53)/t24?,33?,34?,36-,43+/m1/s1. The number of esters is 1. The minimum absolute atomic E-state index is 0.0106. The van der Waals surface area contributed by atoms with Gasteiger partial charge in [-0.15, -0.1) is 0 Å². The fourth-order valence-electron chi connectivity index (χ4n) is 7.55. The van der Waals surface area contributed by atoms with Crippen LogP contribution in [0.5, 0.6) is 5.75 Å². The zero-order valence-corrected chi connectivity index (χ0v) is 36.2. The maximum absolute atomic E-state index is 16.1. The Morgan fingerprint density at radius 1 is 0.950 bits per heavy atom. The van der Waals surface area contributed by atoms with E-state index in [1.807, 2.05) is 20.8 Å². The zero-order chi connectivity index (χ0) is 44.3. The first-order valence-electron chi connectivity index (χ1n) is 19.3. The highest BCUT2D eigenvalue weighted by Crippen LogP contribution is 2.53. The number of methoxy groups -OCH3 is 1. The molecular formula is C43H49Cl2F2N5O8. The van der Waals surface area contributed by atoms with E-state index in [4.69, 9.17) is 42.1 Å². The highest BCUT2D eigenvalue weighted by atomic mass is 35.5. The van der Waals surface area contributed by atoms with E-state index in [1.165, 1.54) is 72.4 Å². The Morgan fingerprint density at radius 3 is 2.18 bits per heavy atom. The summed E-state index contributed by atoms with van der Waals surface area (Å²) < 4.78 is 53.8. The molecule has 0 bridgehead atoms. The van der Waals surface area contributed by atoms with Gasteiger partial charge in [-0.05, 0) is 74.6 Å². The number of ether oxygens (including phenoxy) is 4. The average Bonchev–Trinajstić information content (AvgIpc) is 3.48. The molecule has 3 aromatic carbocycles. The van der Waals surface area contributed by atoms with Crippen LogP contribution >= 0.6 is 23.2 Å². The minimum atomic E-state index is -1.85. The minimum Gasteiger partial charge on any atom is -0.495 e.